The van der Waals surface area contributed by atoms with Crippen LogP contribution in [0.3, 0.4) is 0 Å². The van der Waals surface area contributed by atoms with Crippen LogP contribution in [0, 0.1) is 12.3 Å². The van der Waals surface area contributed by atoms with Crippen molar-refractivity contribution in [3.8, 4) is 0 Å². The number of para-hydroxylation sites is 1. The molecule has 0 saturated carbocycles. The molecule has 0 aliphatic carbocycles. The number of fused-ring (bicyclic) bond motifs is 1. The van der Waals surface area contributed by atoms with Gasteiger partial charge in [-0.2, -0.15) is 0 Å². The van der Waals surface area contributed by atoms with Crippen LogP contribution < -0.4 is 10.2 Å². The van der Waals surface area contributed by atoms with Crippen molar-refractivity contribution in [1.29, 1.82) is 0 Å². The summed E-state index contributed by atoms with van der Waals surface area (Å²) in [7, 11) is 0. The van der Waals surface area contributed by atoms with Crippen molar-refractivity contribution < 1.29 is 9.59 Å². The Morgan fingerprint density at radius 2 is 1.88 bits per heavy atom. The van der Waals surface area contributed by atoms with Crippen molar-refractivity contribution >= 4 is 34.8 Å². The Morgan fingerprint density at radius 1 is 1.15 bits per heavy atom. The molecule has 2 aromatic rings. The molecule has 1 aliphatic heterocycles. The van der Waals surface area contributed by atoms with Crippen LogP contribution in [-0.2, 0) is 16.0 Å². The number of rotatable bonds is 3. The average Bonchev–Trinajstić information content (AvgIpc) is 2.63. The van der Waals surface area contributed by atoms with E-state index in [1.54, 1.807) is 30.9 Å². The predicted octanol–water partition coefficient (Wildman–Crippen LogP) is 4.59. The van der Waals surface area contributed by atoms with E-state index in [9.17, 15) is 9.59 Å². The van der Waals surface area contributed by atoms with E-state index in [2.05, 4.69) is 5.32 Å². The molecule has 2 aromatic carbocycles. The zero-order valence-electron chi connectivity index (χ0n) is 15.3. The van der Waals surface area contributed by atoms with Crippen LogP contribution >= 0.6 is 11.6 Å². The molecule has 0 bridgehead atoms. The SMILES string of the molecule is Cc1ccc(Cl)cc1NC(=O)C(C)(C)C(=O)N1CCCc2ccccc21. The second kappa shape index (κ2) is 7.12. The van der Waals surface area contributed by atoms with Gasteiger partial charge in [-0.1, -0.05) is 35.9 Å². The molecule has 3 rings (SSSR count). The molecule has 26 heavy (non-hydrogen) atoms. The summed E-state index contributed by atoms with van der Waals surface area (Å²) in [4.78, 5) is 27.8. The number of nitrogens with one attached hydrogen (secondary N) is 1. The number of hydrogen-bond donors (Lipinski definition) is 1. The van der Waals surface area contributed by atoms with Crippen LogP contribution in [0.15, 0.2) is 42.5 Å². The summed E-state index contributed by atoms with van der Waals surface area (Å²) in [6.45, 7) is 5.86. The maximum absolute atomic E-state index is 13.2. The molecule has 0 fully saturated rings. The molecular formula is C21H23ClN2O2. The van der Waals surface area contributed by atoms with Gasteiger partial charge in [0.1, 0.15) is 5.41 Å². The van der Waals surface area contributed by atoms with Gasteiger partial charge < -0.3 is 10.2 Å². The fourth-order valence-corrected chi connectivity index (χ4v) is 3.36. The van der Waals surface area contributed by atoms with Gasteiger partial charge in [0.15, 0.2) is 0 Å². The number of carbonyl (C=O) groups excluding carboxylic acids is 2. The van der Waals surface area contributed by atoms with Gasteiger partial charge in [-0.05, 0) is 62.9 Å². The van der Waals surface area contributed by atoms with Crippen molar-refractivity contribution in [3.05, 3.63) is 58.6 Å². The van der Waals surface area contributed by atoms with Crippen molar-refractivity contribution in [2.45, 2.75) is 33.6 Å². The van der Waals surface area contributed by atoms with Gasteiger partial charge in [0.05, 0.1) is 0 Å². The number of halogens is 1. The number of carbonyl (C=O) groups is 2. The highest BCUT2D eigenvalue weighted by Gasteiger charge is 2.40. The van der Waals surface area contributed by atoms with Crippen LogP contribution in [0.4, 0.5) is 11.4 Å². The number of amides is 2. The highest BCUT2D eigenvalue weighted by atomic mass is 35.5. The lowest BCUT2D eigenvalue weighted by Gasteiger charge is -2.35. The standard InChI is InChI=1S/C21H23ClN2O2/c1-14-10-11-16(22)13-17(14)23-19(25)21(2,3)20(26)24-12-6-8-15-7-4-5-9-18(15)24/h4-5,7,9-11,13H,6,8,12H2,1-3H3,(H,23,25). The normalized spacial score (nSPS) is 13.9. The van der Waals surface area contributed by atoms with Crippen LogP contribution in [0.2, 0.25) is 5.02 Å². The lowest BCUT2D eigenvalue weighted by molar-refractivity contribution is -0.136. The van der Waals surface area contributed by atoms with Crippen LogP contribution in [0.25, 0.3) is 0 Å². The minimum atomic E-state index is -1.20. The zero-order valence-corrected chi connectivity index (χ0v) is 16.1. The largest absolute Gasteiger partial charge is 0.325 e. The number of anilines is 2. The topological polar surface area (TPSA) is 49.4 Å². The molecule has 2 amide bonds. The molecule has 0 aromatic heterocycles. The van der Waals surface area contributed by atoms with Gasteiger partial charge in [-0.15, -0.1) is 0 Å². The highest BCUT2D eigenvalue weighted by Crippen LogP contribution is 2.32. The number of aryl methyl sites for hydroxylation is 2. The summed E-state index contributed by atoms with van der Waals surface area (Å²) < 4.78 is 0. The van der Waals surface area contributed by atoms with Crippen molar-refractivity contribution in [2.24, 2.45) is 5.41 Å². The maximum Gasteiger partial charge on any atom is 0.242 e. The fraction of sp³-hybridized carbons (Fsp3) is 0.333. The molecule has 1 heterocycles. The molecular weight excluding hydrogens is 348 g/mol. The van der Waals surface area contributed by atoms with Crippen LogP contribution in [0.1, 0.15) is 31.4 Å². The van der Waals surface area contributed by atoms with E-state index in [0.29, 0.717) is 17.3 Å². The smallest absolute Gasteiger partial charge is 0.242 e. The molecule has 1 N–H and O–H groups in total. The first kappa shape index (κ1) is 18.5. The Morgan fingerprint density at radius 3 is 2.65 bits per heavy atom. The quantitative estimate of drug-likeness (QED) is 0.803. The lowest BCUT2D eigenvalue weighted by atomic mass is 9.88. The number of hydrogen-bond acceptors (Lipinski definition) is 2. The summed E-state index contributed by atoms with van der Waals surface area (Å²) in [5.74, 6) is -0.530. The van der Waals surface area contributed by atoms with Gasteiger partial charge in [-0.3, -0.25) is 9.59 Å². The second-order valence-corrected chi connectivity index (χ2v) is 7.66. The molecule has 0 spiro atoms. The molecule has 0 saturated heterocycles. The van der Waals surface area contributed by atoms with E-state index in [1.165, 1.54) is 0 Å². The molecule has 0 unspecified atom stereocenters. The number of benzene rings is 2. The molecule has 0 atom stereocenters. The first-order valence-corrected chi connectivity index (χ1v) is 9.16. The minimum absolute atomic E-state index is 0.193. The predicted molar refractivity (Wildman–Crippen MR) is 106 cm³/mol. The van der Waals surface area contributed by atoms with Gasteiger partial charge in [0, 0.05) is 22.9 Å². The first-order valence-electron chi connectivity index (χ1n) is 8.78. The highest BCUT2D eigenvalue weighted by molar-refractivity contribution is 6.31. The summed E-state index contributed by atoms with van der Waals surface area (Å²) in [6, 6.07) is 13.2. The minimum Gasteiger partial charge on any atom is -0.325 e. The Hall–Kier alpha value is -2.33. The van der Waals surface area contributed by atoms with Crippen LogP contribution in [0.5, 0.6) is 0 Å². The van der Waals surface area contributed by atoms with E-state index in [4.69, 9.17) is 11.6 Å². The first-order chi connectivity index (χ1) is 12.3. The monoisotopic (exact) mass is 370 g/mol. The zero-order chi connectivity index (χ0) is 18.9. The fourth-order valence-electron chi connectivity index (χ4n) is 3.19. The van der Waals surface area contributed by atoms with Crippen molar-refractivity contribution in [1.82, 2.24) is 0 Å². The van der Waals surface area contributed by atoms with E-state index in [1.807, 2.05) is 37.3 Å². The Labute approximate surface area is 159 Å². The Bertz CT molecular complexity index is 861. The van der Waals surface area contributed by atoms with E-state index in [-0.39, 0.29) is 11.8 Å². The van der Waals surface area contributed by atoms with Gasteiger partial charge in [0.2, 0.25) is 11.8 Å². The molecule has 136 valence electrons. The van der Waals surface area contributed by atoms with Crippen molar-refractivity contribution in [2.75, 3.05) is 16.8 Å². The third kappa shape index (κ3) is 3.47. The van der Waals surface area contributed by atoms with Gasteiger partial charge >= 0.3 is 0 Å². The van der Waals surface area contributed by atoms with E-state index >= 15 is 0 Å². The summed E-state index contributed by atoms with van der Waals surface area (Å²) in [5, 5.41) is 3.41. The van der Waals surface area contributed by atoms with E-state index in [0.717, 1.165) is 29.7 Å². The Balaban J connectivity index is 1.84. The molecule has 5 heteroatoms. The summed E-state index contributed by atoms with van der Waals surface area (Å²) in [5.41, 5.74) is 2.38. The summed E-state index contributed by atoms with van der Waals surface area (Å²) >= 11 is 6.03. The maximum atomic E-state index is 13.2. The third-order valence-electron chi connectivity index (χ3n) is 4.91. The van der Waals surface area contributed by atoms with Crippen molar-refractivity contribution in [3.63, 3.8) is 0 Å². The van der Waals surface area contributed by atoms with Crippen LogP contribution in [-0.4, -0.2) is 18.4 Å². The Kier molecular flexibility index (Phi) is 5.05. The molecule has 4 nitrogen and oxygen atoms in total. The summed E-state index contributed by atoms with van der Waals surface area (Å²) in [6.07, 6.45) is 1.85. The second-order valence-electron chi connectivity index (χ2n) is 7.23. The van der Waals surface area contributed by atoms with E-state index < -0.39 is 5.41 Å². The molecule has 0 radical (unpaired) electrons. The average molecular weight is 371 g/mol. The van der Waals surface area contributed by atoms with Gasteiger partial charge in [-0.25, -0.2) is 0 Å². The van der Waals surface area contributed by atoms with Gasteiger partial charge in [0.25, 0.3) is 0 Å². The molecule has 1 aliphatic rings. The third-order valence-corrected chi connectivity index (χ3v) is 5.14. The number of nitrogens with zero attached hydrogens (tertiary/aromatic N) is 1. The lowest BCUT2D eigenvalue weighted by Crippen LogP contribution is -2.49.